The molecule has 5 nitrogen and oxygen atoms in total. The summed E-state index contributed by atoms with van der Waals surface area (Å²) in [7, 11) is 0. The number of halogens is 2. The highest BCUT2D eigenvalue weighted by Crippen LogP contribution is 2.69. The first-order valence-electron chi connectivity index (χ1n) is 8.77. The quantitative estimate of drug-likeness (QED) is 0.722. The number of ketones is 1. The molecule has 0 unspecified atom stereocenters. The second-order valence-electron chi connectivity index (χ2n) is 7.73. The molecule has 3 aliphatic carbocycles. The molecule has 0 radical (unpaired) electrons. The lowest BCUT2D eigenvalue weighted by molar-refractivity contribution is -0.164. The van der Waals surface area contributed by atoms with Gasteiger partial charge in [0.15, 0.2) is 18.2 Å². The molecule has 1 amide bonds. The summed E-state index contributed by atoms with van der Waals surface area (Å²) in [5.74, 6) is 0.537. The topological polar surface area (TPSA) is 68.5 Å². The van der Waals surface area contributed by atoms with E-state index in [0.29, 0.717) is 12.2 Å². The highest BCUT2D eigenvalue weighted by Gasteiger charge is 2.68. The summed E-state index contributed by atoms with van der Waals surface area (Å²) in [5.41, 5.74) is -0.254. The van der Waals surface area contributed by atoms with Crippen molar-refractivity contribution in [3.63, 3.8) is 0 Å². The van der Waals surface area contributed by atoms with Crippen LogP contribution in [0.4, 0.5) is 4.39 Å². The van der Waals surface area contributed by atoms with Crippen LogP contribution in [0.25, 0.3) is 0 Å². The molecular weight excluding hydrogens is 373 g/mol. The van der Waals surface area contributed by atoms with Crippen LogP contribution in [0.15, 0.2) is 34.7 Å². The van der Waals surface area contributed by atoms with Crippen LogP contribution in [0, 0.1) is 18.2 Å². The van der Waals surface area contributed by atoms with E-state index < -0.39 is 5.82 Å². The maximum atomic E-state index is 13.4. The van der Waals surface area contributed by atoms with Gasteiger partial charge in [-0.2, -0.15) is 0 Å². The van der Waals surface area contributed by atoms with Crippen molar-refractivity contribution in [1.29, 1.82) is 0 Å². The monoisotopic (exact) mass is 391 g/mol. The van der Waals surface area contributed by atoms with E-state index in [1.165, 1.54) is 12.1 Å². The molecule has 142 valence electrons. The fourth-order valence-corrected chi connectivity index (χ4v) is 4.50. The molecule has 27 heavy (non-hydrogen) atoms. The molecule has 1 aromatic carbocycles. The van der Waals surface area contributed by atoms with Crippen LogP contribution < -0.4 is 10.1 Å². The van der Waals surface area contributed by atoms with Crippen molar-refractivity contribution in [2.75, 3.05) is 6.61 Å². The molecule has 7 heteroatoms. The summed E-state index contributed by atoms with van der Waals surface area (Å²) in [6, 6.07) is 7.53. The normalized spacial score (nSPS) is 25.3. The number of amides is 1. The van der Waals surface area contributed by atoms with Crippen molar-refractivity contribution < 1.29 is 23.1 Å². The molecule has 1 N–H and O–H groups in total. The highest BCUT2D eigenvalue weighted by molar-refractivity contribution is 6.30. The van der Waals surface area contributed by atoms with Gasteiger partial charge >= 0.3 is 0 Å². The Morgan fingerprint density at radius 3 is 2.63 bits per heavy atom. The number of rotatable bonds is 7. The molecule has 0 aliphatic heterocycles. The molecular formula is C20H19ClFNO4. The van der Waals surface area contributed by atoms with Gasteiger partial charge in [0.1, 0.15) is 17.3 Å². The van der Waals surface area contributed by atoms with Crippen molar-refractivity contribution in [3.05, 3.63) is 52.7 Å². The van der Waals surface area contributed by atoms with Gasteiger partial charge in [-0.3, -0.25) is 9.59 Å². The average molecular weight is 392 g/mol. The number of furan rings is 1. The lowest BCUT2D eigenvalue weighted by atomic mass is 9.38. The minimum Gasteiger partial charge on any atom is -0.484 e. The fourth-order valence-electron chi connectivity index (χ4n) is 4.38. The summed E-state index contributed by atoms with van der Waals surface area (Å²) in [6.07, 6.45) is 2.80. The van der Waals surface area contributed by atoms with Gasteiger partial charge in [-0.15, -0.1) is 0 Å². The van der Waals surface area contributed by atoms with E-state index in [2.05, 4.69) is 5.32 Å². The number of hydrogen-bond acceptors (Lipinski definition) is 4. The molecule has 5 rings (SSSR count). The molecule has 3 saturated carbocycles. The van der Waals surface area contributed by atoms with Crippen LogP contribution >= 0.6 is 11.6 Å². The lowest BCUT2D eigenvalue weighted by Crippen LogP contribution is -2.75. The van der Waals surface area contributed by atoms with Crippen molar-refractivity contribution in [3.8, 4) is 5.75 Å². The zero-order valence-electron chi connectivity index (χ0n) is 14.8. The SMILES string of the molecule is Cc1ccc(C(=O)CC23CC(NC(=O)COc4ccc(Cl)c(F)c4)(C2)C3)o1. The molecule has 0 atom stereocenters. The predicted octanol–water partition coefficient (Wildman–Crippen LogP) is 4.07. The number of Topliss-reactive ketones (excluding diaryl/α,β-unsaturated/α-hetero) is 1. The second kappa shape index (κ2) is 6.37. The molecule has 2 aromatic rings. The maximum Gasteiger partial charge on any atom is 0.258 e. The lowest BCUT2D eigenvalue weighted by Gasteiger charge is -2.70. The predicted molar refractivity (Wildman–Crippen MR) is 96.5 cm³/mol. The summed E-state index contributed by atoms with van der Waals surface area (Å²) >= 11 is 5.61. The van der Waals surface area contributed by atoms with Crippen molar-refractivity contribution in [1.82, 2.24) is 5.32 Å². The summed E-state index contributed by atoms with van der Waals surface area (Å²) in [5, 5.41) is 2.98. The van der Waals surface area contributed by atoms with E-state index >= 15 is 0 Å². The molecule has 0 spiro atoms. The Balaban J connectivity index is 1.23. The van der Waals surface area contributed by atoms with Gasteiger partial charge in [0, 0.05) is 18.0 Å². The summed E-state index contributed by atoms with van der Waals surface area (Å²) in [6.45, 7) is 1.61. The zero-order chi connectivity index (χ0) is 19.2. The molecule has 0 saturated heterocycles. The highest BCUT2D eigenvalue weighted by atomic mass is 35.5. The standard InChI is InChI=1S/C20H19ClFNO4/c1-12-2-5-17(27-12)16(24)7-19-9-20(10-19,11-19)23-18(25)8-26-13-3-4-14(21)15(22)6-13/h2-6H,7-11H2,1H3,(H,23,25). The van der Waals surface area contributed by atoms with Crippen LogP contribution in [-0.2, 0) is 4.79 Å². The van der Waals surface area contributed by atoms with Crippen molar-refractivity contribution >= 4 is 23.3 Å². The number of carbonyl (C=O) groups excluding carboxylic acids is 2. The minimum absolute atomic E-state index is 0.00484. The average Bonchev–Trinajstić information content (AvgIpc) is 2.99. The van der Waals surface area contributed by atoms with Crippen molar-refractivity contribution in [2.24, 2.45) is 5.41 Å². The van der Waals surface area contributed by atoms with Gasteiger partial charge < -0.3 is 14.5 Å². The Bertz CT molecular complexity index is 903. The number of hydrogen-bond donors (Lipinski definition) is 1. The Hall–Kier alpha value is -2.34. The van der Waals surface area contributed by atoms with Crippen LogP contribution in [-0.4, -0.2) is 23.8 Å². The fraction of sp³-hybridized carbons (Fsp3) is 0.400. The third kappa shape index (κ3) is 3.46. The van der Waals surface area contributed by atoms with E-state index in [1.807, 2.05) is 6.92 Å². The molecule has 3 fully saturated rings. The van der Waals surface area contributed by atoms with Crippen LogP contribution in [0.2, 0.25) is 5.02 Å². The second-order valence-corrected chi connectivity index (χ2v) is 8.14. The maximum absolute atomic E-state index is 13.4. The van der Waals surface area contributed by atoms with E-state index in [0.717, 1.165) is 31.1 Å². The summed E-state index contributed by atoms with van der Waals surface area (Å²) < 4.78 is 24.1. The van der Waals surface area contributed by atoms with E-state index in [1.54, 1.807) is 12.1 Å². The van der Waals surface area contributed by atoms with Crippen molar-refractivity contribution in [2.45, 2.75) is 38.1 Å². The first kappa shape index (κ1) is 18.0. The Kier molecular flexibility index (Phi) is 4.26. The molecule has 1 heterocycles. The Morgan fingerprint density at radius 2 is 2.00 bits per heavy atom. The van der Waals surface area contributed by atoms with Gasteiger partial charge in [0.2, 0.25) is 0 Å². The summed E-state index contributed by atoms with van der Waals surface area (Å²) in [4.78, 5) is 24.4. The Morgan fingerprint density at radius 1 is 1.26 bits per heavy atom. The largest absolute Gasteiger partial charge is 0.484 e. The van der Waals surface area contributed by atoms with Gasteiger partial charge in [-0.25, -0.2) is 4.39 Å². The number of nitrogens with one attached hydrogen (secondary N) is 1. The van der Waals surface area contributed by atoms with Crippen LogP contribution in [0.1, 0.15) is 42.0 Å². The third-order valence-corrected chi connectivity index (χ3v) is 5.66. The van der Waals surface area contributed by atoms with Gasteiger partial charge in [-0.1, -0.05) is 11.6 Å². The first-order chi connectivity index (χ1) is 12.8. The van der Waals surface area contributed by atoms with E-state index in [9.17, 15) is 14.0 Å². The van der Waals surface area contributed by atoms with E-state index in [4.69, 9.17) is 20.8 Å². The smallest absolute Gasteiger partial charge is 0.258 e. The number of aryl methyl sites for hydroxylation is 1. The van der Waals surface area contributed by atoms with Crippen LogP contribution in [0.5, 0.6) is 5.75 Å². The number of benzene rings is 1. The Labute approximate surface area is 160 Å². The zero-order valence-corrected chi connectivity index (χ0v) is 15.6. The molecule has 3 aliphatic rings. The number of carbonyl (C=O) groups is 2. The number of ether oxygens (including phenoxy) is 1. The third-order valence-electron chi connectivity index (χ3n) is 5.36. The van der Waals surface area contributed by atoms with Gasteiger partial charge in [-0.05, 0) is 55.9 Å². The van der Waals surface area contributed by atoms with E-state index in [-0.39, 0.29) is 40.0 Å². The van der Waals surface area contributed by atoms with Crippen LogP contribution in [0.3, 0.4) is 0 Å². The first-order valence-corrected chi connectivity index (χ1v) is 9.15. The van der Waals surface area contributed by atoms with Gasteiger partial charge in [0.25, 0.3) is 5.91 Å². The minimum atomic E-state index is -0.590. The van der Waals surface area contributed by atoms with Gasteiger partial charge in [0.05, 0.1) is 5.02 Å². The molecule has 2 bridgehead atoms. The molecule has 1 aromatic heterocycles.